The minimum Gasteiger partial charge on any atom is -0.322 e. The number of benzene rings is 2. The molecule has 3 aromatic rings. The Labute approximate surface area is 145 Å². The van der Waals surface area contributed by atoms with Gasteiger partial charge < -0.3 is 5.32 Å². The van der Waals surface area contributed by atoms with Gasteiger partial charge in [0.2, 0.25) is 5.91 Å². The van der Waals surface area contributed by atoms with Gasteiger partial charge in [0.25, 0.3) is 0 Å². The van der Waals surface area contributed by atoms with Crippen molar-refractivity contribution in [3.8, 4) is 0 Å². The maximum atomic E-state index is 13.1. The number of aromatic nitrogens is 1. The monoisotopic (exact) mass is 358 g/mol. The topological polar surface area (TPSA) is 59.1 Å². The maximum absolute atomic E-state index is 13.1. The van der Waals surface area contributed by atoms with Crippen LogP contribution >= 0.6 is 11.3 Å². The third kappa shape index (κ3) is 3.95. The average Bonchev–Trinajstić information content (AvgIpc) is 2.94. The van der Waals surface area contributed by atoms with Crippen LogP contribution in [0.2, 0.25) is 0 Å². The highest BCUT2D eigenvalue weighted by atomic mass is 32.1. The Morgan fingerprint density at radius 1 is 1.08 bits per heavy atom. The number of ketones is 1. The number of hydrogen-bond donors (Lipinski definition) is 1. The first-order valence-corrected chi connectivity index (χ1v) is 8.09. The number of allylic oxidation sites excluding steroid dienone is 1. The van der Waals surface area contributed by atoms with Gasteiger partial charge in [0.05, 0.1) is 15.2 Å². The number of anilines is 1. The lowest BCUT2D eigenvalue weighted by atomic mass is 10.1. The molecule has 4 nitrogen and oxygen atoms in total. The molecule has 0 spiro atoms. The molecule has 1 amide bonds. The fourth-order valence-electron chi connectivity index (χ4n) is 2.20. The van der Waals surface area contributed by atoms with Gasteiger partial charge in [0, 0.05) is 17.3 Å². The van der Waals surface area contributed by atoms with Gasteiger partial charge in [-0.05, 0) is 49.4 Å². The Kier molecular flexibility index (Phi) is 4.67. The van der Waals surface area contributed by atoms with E-state index in [1.54, 1.807) is 18.2 Å². The van der Waals surface area contributed by atoms with Crippen molar-refractivity contribution in [2.24, 2.45) is 0 Å². The number of nitrogens with zero attached hydrogens (tertiary/aromatic N) is 1. The molecule has 0 aliphatic heterocycles. The van der Waals surface area contributed by atoms with Crippen LogP contribution in [0.4, 0.5) is 14.5 Å². The van der Waals surface area contributed by atoms with E-state index in [1.807, 2.05) is 6.92 Å². The van der Waals surface area contributed by atoms with Crippen molar-refractivity contribution in [1.82, 2.24) is 4.98 Å². The number of fused-ring (bicyclic) bond motifs is 1. The Hall–Kier alpha value is -2.93. The fraction of sp³-hybridized carbons (Fsp3) is 0.0556. The van der Waals surface area contributed by atoms with Crippen LogP contribution in [0, 0.1) is 18.6 Å². The Bertz CT molecular complexity index is 1010. The minimum atomic E-state index is -1.11. The standard InChI is InChI=1S/C18H12F2N2O2S/c1-10-21-15-5-3-12(9-17(15)25-10)22-18(24)7-6-16(23)11-2-4-13(19)14(20)8-11/h2-9H,1H3,(H,22,24)/b7-6+. The van der Waals surface area contributed by atoms with Gasteiger partial charge in [-0.1, -0.05) is 0 Å². The third-order valence-electron chi connectivity index (χ3n) is 3.35. The fourth-order valence-corrected chi connectivity index (χ4v) is 3.06. The number of rotatable bonds is 4. The second kappa shape index (κ2) is 6.90. The molecular weight excluding hydrogens is 346 g/mol. The summed E-state index contributed by atoms with van der Waals surface area (Å²) < 4.78 is 26.9. The molecule has 25 heavy (non-hydrogen) atoms. The van der Waals surface area contributed by atoms with E-state index in [4.69, 9.17) is 0 Å². The molecule has 0 aliphatic carbocycles. The van der Waals surface area contributed by atoms with E-state index >= 15 is 0 Å². The number of carbonyl (C=O) groups is 2. The van der Waals surface area contributed by atoms with Gasteiger partial charge >= 0.3 is 0 Å². The smallest absolute Gasteiger partial charge is 0.248 e. The summed E-state index contributed by atoms with van der Waals surface area (Å²) in [5.41, 5.74) is 1.39. The molecule has 0 bridgehead atoms. The first-order chi connectivity index (χ1) is 11.9. The number of halogens is 2. The number of thiazole rings is 1. The Morgan fingerprint density at radius 2 is 1.88 bits per heavy atom. The molecule has 0 aliphatic rings. The highest BCUT2D eigenvalue weighted by molar-refractivity contribution is 7.18. The molecule has 0 radical (unpaired) electrons. The zero-order valence-electron chi connectivity index (χ0n) is 13.0. The van der Waals surface area contributed by atoms with Crippen molar-refractivity contribution >= 4 is 38.9 Å². The second-order valence-corrected chi connectivity index (χ2v) is 6.47. The predicted octanol–water partition coefficient (Wildman–Crippen LogP) is 4.26. The van der Waals surface area contributed by atoms with Gasteiger partial charge in [-0.2, -0.15) is 0 Å². The Morgan fingerprint density at radius 3 is 2.64 bits per heavy atom. The van der Waals surface area contributed by atoms with E-state index in [9.17, 15) is 18.4 Å². The minimum absolute atomic E-state index is 0.0375. The van der Waals surface area contributed by atoms with E-state index < -0.39 is 23.3 Å². The summed E-state index contributed by atoms with van der Waals surface area (Å²) in [5, 5.41) is 3.56. The zero-order valence-corrected chi connectivity index (χ0v) is 13.9. The van der Waals surface area contributed by atoms with Gasteiger partial charge in [0.1, 0.15) is 0 Å². The summed E-state index contributed by atoms with van der Waals surface area (Å²) >= 11 is 1.51. The summed E-state index contributed by atoms with van der Waals surface area (Å²) in [7, 11) is 0. The third-order valence-corrected chi connectivity index (χ3v) is 4.29. The lowest BCUT2D eigenvalue weighted by Crippen LogP contribution is -2.08. The molecule has 0 unspecified atom stereocenters. The molecular formula is C18H12F2N2O2S. The molecule has 0 saturated carbocycles. The number of nitrogens with one attached hydrogen (secondary N) is 1. The van der Waals surface area contributed by atoms with E-state index in [0.717, 1.165) is 45.6 Å². The van der Waals surface area contributed by atoms with Crippen LogP contribution in [0.25, 0.3) is 10.2 Å². The van der Waals surface area contributed by atoms with Crippen LogP contribution in [0.5, 0.6) is 0 Å². The van der Waals surface area contributed by atoms with Crippen molar-refractivity contribution in [1.29, 1.82) is 0 Å². The van der Waals surface area contributed by atoms with Crippen molar-refractivity contribution in [2.45, 2.75) is 6.92 Å². The summed E-state index contributed by atoms with van der Waals surface area (Å²) in [4.78, 5) is 28.1. The SMILES string of the molecule is Cc1nc2ccc(NC(=O)/C=C/C(=O)c3ccc(F)c(F)c3)cc2s1. The quantitative estimate of drug-likeness (QED) is 0.560. The van der Waals surface area contributed by atoms with Gasteiger partial charge in [-0.15, -0.1) is 11.3 Å². The summed E-state index contributed by atoms with van der Waals surface area (Å²) in [5.74, 6) is -3.25. The largest absolute Gasteiger partial charge is 0.322 e. The van der Waals surface area contributed by atoms with Crippen LogP contribution < -0.4 is 5.32 Å². The predicted molar refractivity (Wildman–Crippen MR) is 92.8 cm³/mol. The normalized spacial score (nSPS) is 11.2. The summed E-state index contributed by atoms with van der Waals surface area (Å²) in [6, 6.07) is 8.11. The van der Waals surface area contributed by atoms with Crippen LogP contribution in [0.15, 0.2) is 48.6 Å². The average molecular weight is 358 g/mol. The maximum Gasteiger partial charge on any atom is 0.248 e. The molecule has 0 fully saturated rings. The lowest BCUT2D eigenvalue weighted by Gasteiger charge is -2.01. The number of carbonyl (C=O) groups excluding carboxylic acids is 2. The second-order valence-electron chi connectivity index (χ2n) is 5.23. The van der Waals surface area contributed by atoms with Crippen LogP contribution in [0.3, 0.4) is 0 Å². The van der Waals surface area contributed by atoms with E-state index in [1.165, 1.54) is 11.3 Å². The van der Waals surface area contributed by atoms with Crippen molar-refractivity contribution in [2.75, 3.05) is 5.32 Å². The van der Waals surface area contributed by atoms with Crippen molar-refractivity contribution < 1.29 is 18.4 Å². The van der Waals surface area contributed by atoms with Crippen LogP contribution in [-0.4, -0.2) is 16.7 Å². The van der Waals surface area contributed by atoms with Gasteiger partial charge in [0.15, 0.2) is 17.4 Å². The number of hydrogen-bond acceptors (Lipinski definition) is 4. The molecule has 3 rings (SSSR count). The summed E-state index contributed by atoms with van der Waals surface area (Å²) in [6.45, 7) is 1.90. The number of amides is 1. The lowest BCUT2D eigenvalue weighted by molar-refractivity contribution is -0.111. The molecule has 0 saturated heterocycles. The highest BCUT2D eigenvalue weighted by Gasteiger charge is 2.08. The molecule has 126 valence electrons. The molecule has 7 heteroatoms. The van der Waals surface area contributed by atoms with Gasteiger partial charge in [-0.3, -0.25) is 9.59 Å². The van der Waals surface area contributed by atoms with E-state index in [-0.39, 0.29) is 5.56 Å². The molecule has 1 aromatic heterocycles. The van der Waals surface area contributed by atoms with Gasteiger partial charge in [-0.25, -0.2) is 13.8 Å². The molecule has 0 atom stereocenters. The van der Waals surface area contributed by atoms with Crippen molar-refractivity contribution in [3.05, 3.63) is 70.8 Å². The van der Waals surface area contributed by atoms with Crippen LogP contribution in [-0.2, 0) is 4.79 Å². The molecule has 1 N–H and O–H groups in total. The first kappa shape index (κ1) is 16.9. The van der Waals surface area contributed by atoms with Crippen LogP contribution in [0.1, 0.15) is 15.4 Å². The van der Waals surface area contributed by atoms with E-state index in [0.29, 0.717) is 5.69 Å². The van der Waals surface area contributed by atoms with E-state index in [2.05, 4.69) is 10.3 Å². The molecule has 2 aromatic carbocycles. The summed E-state index contributed by atoms with van der Waals surface area (Å²) in [6.07, 6.45) is 2.06. The first-order valence-electron chi connectivity index (χ1n) is 7.28. The molecule has 1 heterocycles. The van der Waals surface area contributed by atoms with Crippen molar-refractivity contribution in [3.63, 3.8) is 0 Å². The highest BCUT2D eigenvalue weighted by Crippen LogP contribution is 2.24. The number of aryl methyl sites for hydroxylation is 1. The zero-order chi connectivity index (χ0) is 18.0. The Balaban J connectivity index is 1.68.